The van der Waals surface area contributed by atoms with Crippen molar-refractivity contribution in [3.63, 3.8) is 0 Å². The minimum absolute atomic E-state index is 0.123. The molecule has 2 aliphatic heterocycles. The Hall–Kier alpha value is -2.48. The summed E-state index contributed by atoms with van der Waals surface area (Å²) in [5.41, 5.74) is 2.08. The highest BCUT2D eigenvalue weighted by atomic mass is 32.2. The molecule has 0 radical (unpaired) electrons. The van der Waals surface area contributed by atoms with Gasteiger partial charge in [0.15, 0.2) is 11.0 Å². The van der Waals surface area contributed by atoms with E-state index in [4.69, 9.17) is 9.73 Å². The Morgan fingerprint density at radius 3 is 2.73 bits per heavy atom. The summed E-state index contributed by atoms with van der Waals surface area (Å²) in [5, 5.41) is 0.729. The summed E-state index contributed by atoms with van der Waals surface area (Å²) >= 11 is 1.51. The smallest absolute Gasteiger partial charge is 0.416 e. The molecule has 0 saturated carbocycles. The number of fused-ring (bicyclic) bond motifs is 3. The van der Waals surface area contributed by atoms with Crippen LogP contribution >= 0.6 is 11.8 Å². The Bertz CT molecular complexity index is 928. The number of rotatable bonds is 3. The average molecular weight is 428 g/mol. The number of amides is 1. The molecule has 1 unspecified atom stereocenters. The minimum atomic E-state index is -0.590. The molecule has 1 aromatic heterocycles. The van der Waals surface area contributed by atoms with Gasteiger partial charge < -0.3 is 4.74 Å². The summed E-state index contributed by atoms with van der Waals surface area (Å²) < 4.78 is 5.63. The van der Waals surface area contributed by atoms with E-state index in [1.165, 1.54) is 11.8 Å². The standard InChI is InChI=1S/C22H29N5O2S/c1-14(2)27(21(28)29-22(3,4)5)19-18-8-7-15(9-11-23-19)16(13-25-18)17-10-12-24-20(26-17)30-6/h9-15H,7-8H2,1-6H3. The van der Waals surface area contributed by atoms with Crippen LogP contribution in [0.2, 0.25) is 0 Å². The van der Waals surface area contributed by atoms with Crippen molar-refractivity contribution in [1.82, 2.24) is 14.9 Å². The summed E-state index contributed by atoms with van der Waals surface area (Å²) in [6.07, 6.45) is 10.6. The molecule has 30 heavy (non-hydrogen) atoms. The van der Waals surface area contributed by atoms with Crippen molar-refractivity contribution in [3.8, 4) is 0 Å². The van der Waals surface area contributed by atoms with Gasteiger partial charge >= 0.3 is 6.09 Å². The molecule has 1 atom stereocenters. The van der Waals surface area contributed by atoms with Crippen molar-refractivity contribution in [2.75, 3.05) is 6.26 Å². The lowest BCUT2D eigenvalue weighted by molar-refractivity contribution is 0.0335. The molecule has 160 valence electrons. The molecule has 3 rings (SSSR count). The van der Waals surface area contributed by atoms with Crippen molar-refractivity contribution in [2.45, 2.75) is 64.3 Å². The third kappa shape index (κ3) is 5.16. The van der Waals surface area contributed by atoms with Crippen LogP contribution in [-0.2, 0) is 4.74 Å². The molecule has 0 aliphatic carbocycles. The van der Waals surface area contributed by atoms with Crippen LogP contribution in [0, 0.1) is 5.92 Å². The number of carbonyl (C=O) groups is 1. The third-order valence-electron chi connectivity index (χ3n) is 4.67. The van der Waals surface area contributed by atoms with Crippen LogP contribution < -0.4 is 0 Å². The van der Waals surface area contributed by atoms with E-state index in [2.05, 4.69) is 21.0 Å². The SMILES string of the molecule is CSc1nccc(C2=CN=C3CCC2C=CN=C3N(C(=O)OC(C)(C)C)C(C)C)n1. The van der Waals surface area contributed by atoms with Gasteiger partial charge in [-0.1, -0.05) is 17.8 Å². The summed E-state index contributed by atoms with van der Waals surface area (Å²) in [6.45, 7) is 9.46. The van der Waals surface area contributed by atoms with Gasteiger partial charge in [0, 0.05) is 36.1 Å². The Balaban J connectivity index is 2.00. The molecule has 0 aromatic carbocycles. The predicted molar refractivity (Wildman–Crippen MR) is 122 cm³/mol. The Morgan fingerprint density at radius 2 is 2.07 bits per heavy atom. The van der Waals surface area contributed by atoms with E-state index < -0.39 is 11.7 Å². The molecule has 0 N–H and O–H groups in total. The normalized spacial score (nSPS) is 18.8. The number of allylic oxidation sites excluding steroid dienone is 2. The number of aliphatic imine (C=N–C) groups is 2. The fourth-order valence-electron chi connectivity index (χ4n) is 3.33. The van der Waals surface area contributed by atoms with E-state index in [0.29, 0.717) is 12.3 Å². The molecule has 1 aromatic rings. The molecule has 2 bridgehead atoms. The summed E-state index contributed by atoms with van der Waals surface area (Å²) in [7, 11) is 0. The number of ether oxygens (including phenoxy) is 1. The maximum atomic E-state index is 12.9. The molecule has 7 nitrogen and oxygen atoms in total. The van der Waals surface area contributed by atoms with E-state index in [1.807, 2.05) is 53.1 Å². The monoisotopic (exact) mass is 427 g/mol. The molecule has 0 saturated heterocycles. The largest absolute Gasteiger partial charge is 0.443 e. The number of nitrogens with zero attached hydrogens (tertiary/aromatic N) is 5. The van der Waals surface area contributed by atoms with E-state index in [1.54, 1.807) is 17.3 Å². The van der Waals surface area contributed by atoms with Crippen molar-refractivity contribution < 1.29 is 9.53 Å². The van der Waals surface area contributed by atoms with Crippen molar-refractivity contribution in [1.29, 1.82) is 0 Å². The van der Waals surface area contributed by atoms with Gasteiger partial charge in [0.25, 0.3) is 0 Å². The molecule has 0 spiro atoms. The lowest BCUT2D eigenvalue weighted by Gasteiger charge is -2.31. The zero-order chi connectivity index (χ0) is 21.9. The Morgan fingerprint density at radius 1 is 1.30 bits per heavy atom. The van der Waals surface area contributed by atoms with Crippen LogP contribution in [0.25, 0.3) is 5.57 Å². The van der Waals surface area contributed by atoms with Gasteiger partial charge in [0.2, 0.25) is 0 Å². The van der Waals surface area contributed by atoms with E-state index >= 15 is 0 Å². The molecule has 8 heteroatoms. The second kappa shape index (κ2) is 9.12. The van der Waals surface area contributed by atoms with Gasteiger partial charge in [-0.25, -0.2) is 19.8 Å². The van der Waals surface area contributed by atoms with Crippen LogP contribution in [-0.4, -0.2) is 50.4 Å². The van der Waals surface area contributed by atoms with Gasteiger partial charge in [-0.05, 0) is 59.8 Å². The first-order valence-corrected chi connectivity index (χ1v) is 11.3. The van der Waals surface area contributed by atoms with Gasteiger partial charge in [-0.2, -0.15) is 0 Å². The van der Waals surface area contributed by atoms with Gasteiger partial charge in [0.1, 0.15) is 5.60 Å². The van der Waals surface area contributed by atoms with Gasteiger partial charge in [-0.3, -0.25) is 9.89 Å². The molecule has 2 aliphatic rings. The molecular weight excluding hydrogens is 398 g/mol. The first-order valence-electron chi connectivity index (χ1n) is 10.1. The number of aromatic nitrogens is 2. The van der Waals surface area contributed by atoms with E-state index in [0.717, 1.165) is 28.6 Å². The second-order valence-electron chi connectivity index (χ2n) is 8.47. The quantitative estimate of drug-likeness (QED) is 0.503. The lowest BCUT2D eigenvalue weighted by atomic mass is 9.91. The zero-order valence-corrected chi connectivity index (χ0v) is 19.2. The van der Waals surface area contributed by atoms with Crippen molar-refractivity contribution in [3.05, 3.63) is 36.4 Å². The molecular formula is C22H29N5O2S. The minimum Gasteiger partial charge on any atom is -0.443 e. The summed E-state index contributed by atoms with van der Waals surface area (Å²) in [4.78, 5) is 32.8. The van der Waals surface area contributed by atoms with E-state index in [-0.39, 0.29) is 12.0 Å². The molecule has 0 fully saturated rings. The number of carbonyl (C=O) groups excluding carboxylic acids is 1. The highest BCUT2D eigenvalue weighted by Crippen LogP contribution is 2.32. The average Bonchev–Trinajstić information content (AvgIpc) is 2.81. The van der Waals surface area contributed by atoms with Gasteiger partial charge in [-0.15, -0.1) is 0 Å². The van der Waals surface area contributed by atoms with Gasteiger partial charge in [0.05, 0.1) is 11.4 Å². The zero-order valence-electron chi connectivity index (χ0n) is 18.4. The number of amidine groups is 1. The molecule has 3 heterocycles. The van der Waals surface area contributed by atoms with Crippen LogP contribution in [0.5, 0.6) is 0 Å². The topological polar surface area (TPSA) is 80.0 Å². The van der Waals surface area contributed by atoms with E-state index in [9.17, 15) is 4.79 Å². The maximum absolute atomic E-state index is 12.9. The van der Waals surface area contributed by atoms with Crippen molar-refractivity contribution >= 4 is 35.0 Å². The van der Waals surface area contributed by atoms with Crippen LogP contribution in [0.1, 0.15) is 53.2 Å². The Kier molecular flexibility index (Phi) is 6.75. The molecule has 1 amide bonds. The first-order chi connectivity index (χ1) is 14.2. The lowest BCUT2D eigenvalue weighted by Crippen LogP contribution is -2.47. The summed E-state index contributed by atoms with van der Waals surface area (Å²) in [5.74, 6) is 0.689. The number of hydrogen-bond donors (Lipinski definition) is 0. The summed E-state index contributed by atoms with van der Waals surface area (Å²) in [6, 6.07) is 1.79. The number of hydrogen-bond acceptors (Lipinski definition) is 7. The highest BCUT2D eigenvalue weighted by Gasteiger charge is 2.32. The fourth-order valence-corrected chi connectivity index (χ4v) is 3.68. The predicted octanol–water partition coefficient (Wildman–Crippen LogP) is 4.96. The third-order valence-corrected chi connectivity index (χ3v) is 5.23. The highest BCUT2D eigenvalue weighted by molar-refractivity contribution is 7.98. The fraction of sp³-hybridized carbons (Fsp3) is 0.500. The number of thioether (sulfide) groups is 1. The van der Waals surface area contributed by atoms with Crippen molar-refractivity contribution in [2.24, 2.45) is 15.9 Å². The van der Waals surface area contributed by atoms with Crippen LogP contribution in [0.4, 0.5) is 4.79 Å². The first kappa shape index (κ1) is 22.2. The Labute approximate surface area is 182 Å². The maximum Gasteiger partial charge on any atom is 0.416 e. The van der Waals surface area contributed by atoms with Crippen LogP contribution in [0.15, 0.2) is 45.9 Å². The van der Waals surface area contributed by atoms with Crippen LogP contribution in [0.3, 0.4) is 0 Å². The second-order valence-corrected chi connectivity index (χ2v) is 9.25.